The van der Waals surface area contributed by atoms with Gasteiger partial charge in [0.05, 0.1) is 17.3 Å². The average Bonchev–Trinajstić information content (AvgIpc) is 3.23. The van der Waals surface area contributed by atoms with Crippen LogP contribution in [0, 0.1) is 28.6 Å². The first-order valence-electron chi connectivity index (χ1n) is 11.3. The predicted molar refractivity (Wildman–Crippen MR) is 105 cm³/mol. The van der Waals surface area contributed by atoms with E-state index in [0.29, 0.717) is 37.2 Å². The van der Waals surface area contributed by atoms with Gasteiger partial charge >= 0.3 is 5.97 Å². The lowest BCUT2D eigenvalue weighted by Crippen LogP contribution is -2.66. The van der Waals surface area contributed by atoms with Crippen molar-refractivity contribution >= 4 is 5.97 Å². The molecule has 8 unspecified atom stereocenters. The maximum atomic E-state index is 12.1. The lowest BCUT2D eigenvalue weighted by Gasteiger charge is -2.64. The topological polar surface area (TPSA) is 107 Å². The van der Waals surface area contributed by atoms with Gasteiger partial charge in [0.25, 0.3) is 0 Å². The SMILES string of the molecule is CC12CCC3C(CCC4CC(O)CCC43CO)C1(O)CCC2(O)C1=CC(=O)OC1. The van der Waals surface area contributed by atoms with Crippen molar-refractivity contribution in [3.63, 3.8) is 0 Å². The van der Waals surface area contributed by atoms with Gasteiger partial charge in [-0.1, -0.05) is 6.92 Å². The molecular formula is C23H34O6. The van der Waals surface area contributed by atoms with Gasteiger partial charge in [-0.3, -0.25) is 0 Å². The Morgan fingerprint density at radius 1 is 1.07 bits per heavy atom. The summed E-state index contributed by atoms with van der Waals surface area (Å²) in [4.78, 5) is 11.7. The third-order valence-electron chi connectivity index (χ3n) is 10.2. The molecule has 0 aromatic heterocycles. The zero-order chi connectivity index (χ0) is 20.7. The Morgan fingerprint density at radius 3 is 2.55 bits per heavy atom. The molecule has 4 saturated carbocycles. The van der Waals surface area contributed by atoms with Crippen LogP contribution < -0.4 is 0 Å². The molecule has 4 N–H and O–H groups in total. The van der Waals surface area contributed by atoms with Crippen LogP contribution in [0.4, 0.5) is 0 Å². The summed E-state index contributed by atoms with van der Waals surface area (Å²) >= 11 is 0. The van der Waals surface area contributed by atoms with Crippen LogP contribution in [0.1, 0.15) is 64.7 Å². The second-order valence-corrected chi connectivity index (χ2v) is 10.7. The first-order valence-corrected chi connectivity index (χ1v) is 11.3. The van der Waals surface area contributed by atoms with Crippen LogP contribution in [0.3, 0.4) is 0 Å². The number of carbonyl (C=O) groups is 1. The van der Waals surface area contributed by atoms with E-state index in [4.69, 9.17) is 4.74 Å². The summed E-state index contributed by atoms with van der Waals surface area (Å²) in [6, 6.07) is 0. The van der Waals surface area contributed by atoms with Crippen LogP contribution in [-0.2, 0) is 9.53 Å². The number of cyclic esters (lactones) is 1. The van der Waals surface area contributed by atoms with Gasteiger partial charge in [0.15, 0.2) is 0 Å². The zero-order valence-corrected chi connectivity index (χ0v) is 17.3. The van der Waals surface area contributed by atoms with Crippen molar-refractivity contribution in [2.75, 3.05) is 13.2 Å². The molecule has 0 amide bonds. The summed E-state index contributed by atoms with van der Waals surface area (Å²) in [5.41, 5.74) is -2.62. The highest BCUT2D eigenvalue weighted by molar-refractivity contribution is 5.86. The third-order valence-corrected chi connectivity index (χ3v) is 10.2. The van der Waals surface area contributed by atoms with E-state index >= 15 is 0 Å². The molecule has 0 saturated heterocycles. The number of carbonyl (C=O) groups excluding carboxylic acids is 1. The fourth-order valence-electron chi connectivity index (χ4n) is 8.45. The molecule has 6 heteroatoms. The summed E-state index contributed by atoms with van der Waals surface area (Å²) in [6.45, 7) is 2.20. The molecule has 0 aromatic carbocycles. The van der Waals surface area contributed by atoms with E-state index in [2.05, 4.69) is 0 Å². The second kappa shape index (κ2) is 6.28. The van der Waals surface area contributed by atoms with E-state index in [-0.39, 0.29) is 36.6 Å². The van der Waals surface area contributed by atoms with Gasteiger partial charge < -0.3 is 25.2 Å². The van der Waals surface area contributed by atoms with Gasteiger partial charge in [-0.05, 0) is 81.0 Å². The summed E-state index contributed by atoms with van der Waals surface area (Å²) in [6.07, 6.45) is 7.60. The van der Waals surface area contributed by atoms with Gasteiger partial charge in [-0.2, -0.15) is 0 Å². The molecule has 1 heterocycles. The van der Waals surface area contributed by atoms with Crippen LogP contribution >= 0.6 is 0 Å². The van der Waals surface area contributed by atoms with Gasteiger partial charge in [0.2, 0.25) is 0 Å². The largest absolute Gasteiger partial charge is 0.458 e. The summed E-state index contributed by atoms with van der Waals surface area (Å²) in [7, 11) is 0. The molecule has 0 radical (unpaired) electrons. The lowest BCUT2D eigenvalue weighted by atomic mass is 9.42. The molecule has 0 bridgehead atoms. The summed E-state index contributed by atoms with van der Waals surface area (Å²) in [5, 5.41) is 44.6. The highest BCUT2D eigenvalue weighted by Gasteiger charge is 2.73. The van der Waals surface area contributed by atoms with Crippen molar-refractivity contribution in [1.82, 2.24) is 0 Å². The number of esters is 1. The zero-order valence-electron chi connectivity index (χ0n) is 17.3. The Hall–Kier alpha value is -0.950. The number of rotatable bonds is 2. The monoisotopic (exact) mass is 406 g/mol. The molecule has 8 atom stereocenters. The highest BCUT2D eigenvalue weighted by Crippen LogP contribution is 2.70. The number of aliphatic hydroxyl groups is 4. The number of hydrogen-bond donors (Lipinski definition) is 4. The van der Waals surface area contributed by atoms with E-state index < -0.39 is 22.6 Å². The third kappa shape index (κ3) is 2.35. The average molecular weight is 407 g/mol. The molecule has 6 nitrogen and oxygen atoms in total. The normalized spacial score (nSPS) is 54.2. The minimum atomic E-state index is -1.23. The minimum Gasteiger partial charge on any atom is -0.458 e. The number of aliphatic hydroxyl groups excluding tert-OH is 2. The first-order chi connectivity index (χ1) is 13.7. The predicted octanol–water partition coefficient (Wildman–Crippen LogP) is 1.69. The molecule has 5 aliphatic rings. The van der Waals surface area contributed by atoms with Gasteiger partial charge in [0, 0.05) is 23.7 Å². The van der Waals surface area contributed by atoms with Crippen LogP contribution in [0.5, 0.6) is 0 Å². The first kappa shape index (κ1) is 20.0. The molecule has 29 heavy (non-hydrogen) atoms. The molecule has 0 spiro atoms. The van der Waals surface area contributed by atoms with Crippen molar-refractivity contribution in [3.05, 3.63) is 11.6 Å². The van der Waals surface area contributed by atoms with Crippen molar-refractivity contribution in [3.8, 4) is 0 Å². The van der Waals surface area contributed by atoms with Crippen molar-refractivity contribution in [2.45, 2.75) is 82.0 Å². The molecule has 0 aromatic rings. The summed E-state index contributed by atoms with van der Waals surface area (Å²) < 4.78 is 5.09. The van der Waals surface area contributed by atoms with Crippen LogP contribution in [0.2, 0.25) is 0 Å². The van der Waals surface area contributed by atoms with Crippen molar-refractivity contribution in [1.29, 1.82) is 0 Å². The molecule has 162 valence electrons. The second-order valence-electron chi connectivity index (χ2n) is 10.7. The highest BCUT2D eigenvalue weighted by atomic mass is 16.5. The quantitative estimate of drug-likeness (QED) is 0.520. The van der Waals surface area contributed by atoms with Crippen LogP contribution in [-0.4, -0.2) is 56.9 Å². The maximum Gasteiger partial charge on any atom is 0.331 e. The van der Waals surface area contributed by atoms with E-state index in [1.807, 2.05) is 6.92 Å². The molecule has 1 aliphatic heterocycles. The molecule has 4 fully saturated rings. The van der Waals surface area contributed by atoms with Gasteiger partial charge in [-0.15, -0.1) is 0 Å². The Morgan fingerprint density at radius 2 is 1.86 bits per heavy atom. The van der Waals surface area contributed by atoms with Crippen molar-refractivity contribution < 1.29 is 30.0 Å². The Kier molecular flexibility index (Phi) is 4.33. The van der Waals surface area contributed by atoms with E-state index in [9.17, 15) is 25.2 Å². The Labute approximate surface area is 172 Å². The smallest absolute Gasteiger partial charge is 0.331 e. The van der Waals surface area contributed by atoms with Crippen LogP contribution in [0.25, 0.3) is 0 Å². The Bertz CT molecular complexity index is 750. The van der Waals surface area contributed by atoms with Crippen LogP contribution in [0.15, 0.2) is 11.6 Å². The molecule has 4 aliphatic carbocycles. The summed E-state index contributed by atoms with van der Waals surface area (Å²) in [5.74, 6) is 0.109. The van der Waals surface area contributed by atoms with E-state index in [0.717, 1.165) is 32.1 Å². The fraction of sp³-hybridized carbons (Fsp3) is 0.870. The maximum absolute atomic E-state index is 12.1. The lowest BCUT2D eigenvalue weighted by molar-refractivity contribution is -0.237. The molecule has 5 rings (SSSR count). The van der Waals surface area contributed by atoms with Gasteiger partial charge in [0.1, 0.15) is 6.61 Å². The number of fused-ring (bicyclic) bond motifs is 5. The van der Waals surface area contributed by atoms with E-state index in [1.54, 1.807) is 0 Å². The van der Waals surface area contributed by atoms with E-state index in [1.165, 1.54) is 6.08 Å². The van der Waals surface area contributed by atoms with Gasteiger partial charge in [-0.25, -0.2) is 4.79 Å². The fourth-order valence-corrected chi connectivity index (χ4v) is 8.45. The molecular weight excluding hydrogens is 372 g/mol. The Balaban J connectivity index is 1.52. The number of hydrogen-bond acceptors (Lipinski definition) is 6. The minimum absolute atomic E-state index is 0.0209. The van der Waals surface area contributed by atoms with Crippen molar-refractivity contribution in [2.24, 2.45) is 28.6 Å². The number of ether oxygens (including phenoxy) is 1. The standard InChI is InChI=1S/C23H34O6/c1-20-6-5-17-18(3-2-14-10-16(25)4-7-21(14,17)13-24)23(20,28)9-8-22(20,27)15-11-19(26)29-12-15/h11,14,16-18,24-25,27-28H,2-10,12-13H2,1H3.